The molecule has 0 aliphatic carbocycles. The van der Waals surface area contributed by atoms with Gasteiger partial charge in [0.15, 0.2) is 0 Å². The van der Waals surface area contributed by atoms with Gasteiger partial charge in [-0.3, -0.25) is 0 Å². The van der Waals surface area contributed by atoms with Gasteiger partial charge in [-0.2, -0.15) is 0 Å². The molecule has 1 aromatic heterocycles. The zero-order valence-electron chi connectivity index (χ0n) is 11.6. The molecule has 2 aromatic carbocycles. The maximum Gasteiger partial charge on any atom is 0.102 e. The normalized spacial score (nSPS) is 10.7. The summed E-state index contributed by atoms with van der Waals surface area (Å²) >= 11 is 0. The van der Waals surface area contributed by atoms with Gasteiger partial charge in [-0.1, -0.05) is 47.5 Å². The molecule has 0 radical (unpaired) electrons. The van der Waals surface area contributed by atoms with Gasteiger partial charge in [0.25, 0.3) is 0 Å². The fourth-order valence-corrected chi connectivity index (χ4v) is 2.42. The van der Waals surface area contributed by atoms with Crippen LogP contribution in [0.15, 0.2) is 59.8 Å². The molecule has 1 heterocycles. The molecule has 0 spiro atoms. The summed E-state index contributed by atoms with van der Waals surface area (Å²) in [5, 5.41) is 13.1. The van der Waals surface area contributed by atoms with Gasteiger partial charge in [0.05, 0.1) is 6.21 Å². The Kier molecular flexibility index (Phi) is 3.44. The fourth-order valence-electron chi connectivity index (χ4n) is 2.42. The molecular weight excluding hydrogens is 260 g/mol. The standard InChI is InChI=1S/C18H14N2O/c1-20-17-10-6-5-9-15(17)16(13-19-21)18(20)12-11-14-7-3-2-4-8-14/h2-10,13,21H,1H3/b19-13+. The van der Waals surface area contributed by atoms with Crippen LogP contribution in [0.2, 0.25) is 0 Å². The Bertz CT molecular complexity index is 865. The molecule has 3 heteroatoms. The van der Waals surface area contributed by atoms with Crippen molar-refractivity contribution in [2.75, 3.05) is 0 Å². The molecule has 3 rings (SSSR count). The first-order valence-electron chi connectivity index (χ1n) is 6.63. The summed E-state index contributed by atoms with van der Waals surface area (Å²) in [5.41, 5.74) is 3.68. The van der Waals surface area contributed by atoms with E-state index in [0.29, 0.717) is 0 Å². The number of nitrogens with zero attached hydrogens (tertiary/aromatic N) is 2. The summed E-state index contributed by atoms with van der Waals surface area (Å²) in [6, 6.07) is 17.8. The van der Waals surface area contributed by atoms with Crippen LogP contribution >= 0.6 is 0 Å². The predicted octanol–water partition coefficient (Wildman–Crippen LogP) is 3.39. The van der Waals surface area contributed by atoms with Crippen LogP contribution in [0.3, 0.4) is 0 Å². The highest BCUT2D eigenvalue weighted by Crippen LogP contribution is 2.23. The third-order valence-electron chi connectivity index (χ3n) is 3.43. The van der Waals surface area contributed by atoms with Crippen molar-refractivity contribution in [3.8, 4) is 11.8 Å². The molecule has 0 unspecified atom stereocenters. The quantitative estimate of drug-likeness (QED) is 0.314. The number of hydrogen-bond donors (Lipinski definition) is 1. The molecule has 0 saturated carbocycles. The van der Waals surface area contributed by atoms with Crippen molar-refractivity contribution in [3.05, 3.63) is 71.4 Å². The second-order valence-electron chi connectivity index (χ2n) is 4.70. The van der Waals surface area contributed by atoms with Crippen LogP contribution < -0.4 is 0 Å². The first-order chi connectivity index (χ1) is 10.3. The molecular formula is C18H14N2O. The summed E-state index contributed by atoms with van der Waals surface area (Å²) in [6.45, 7) is 0. The second kappa shape index (κ2) is 5.56. The van der Waals surface area contributed by atoms with Crippen molar-refractivity contribution in [1.82, 2.24) is 4.57 Å². The number of hydrogen-bond acceptors (Lipinski definition) is 2. The van der Waals surface area contributed by atoms with Crippen molar-refractivity contribution >= 4 is 17.1 Å². The van der Waals surface area contributed by atoms with Crippen LogP contribution in [0.4, 0.5) is 0 Å². The number of benzene rings is 2. The zero-order chi connectivity index (χ0) is 14.7. The van der Waals surface area contributed by atoms with E-state index in [-0.39, 0.29) is 0 Å². The smallest absolute Gasteiger partial charge is 0.102 e. The number of para-hydroxylation sites is 1. The Morgan fingerprint density at radius 3 is 2.48 bits per heavy atom. The molecule has 3 nitrogen and oxygen atoms in total. The zero-order valence-corrected chi connectivity index (χ0v) is 11.6. The maximum absolute atomic E-state index is 8.91. The van der Waals surface area contributed by atoms with Crippen molar-refractivity contribution < 1.29 is 5.21 Å². The van der Waals surface area contributed by atoms with Crippen LogP contribution in [-0.2, 0) is 7.05 Å². The van der Waals surface area contributed by atoms with Gasteiger partial charge < -0.3 is 9.77 Å². The molecule has 0 atom stereocenters. The highest BCUT2D eigenvalue weighted by molar-refractivity contribution is 6.02. The minimum atomic E-state index is 0.831. The molecule has 0 fully saturated rings. The molecule has 102 valence electrons. The molecule has 21 heavy (non-hydrogen) atoms. The lowest BCUT2D eigenvalue weighted by Crippen LogP contribution is -1.94. The molecule has 3 aromatic rings. The van der Waals surface area contributed by atoms with Gasteiger partial charge in [-0.05, 0) is 24.1 Å². The highest BCUT2D eigenvalue weighted by atomic mass is 16.4. The number of fused-ring (bicyclic) bond motifs is 1. The SMILES string of the molecule is Cn1c(C#Cc2ccccc2)c(/C=N/O)c2ccccc21. The van der Waals surface area contributed by atoms with Crippen LogP contribution in [0.1, 0.15) is 16.8 Å². The minimum Gasteiger partial charge on any atom is -0.411 e. The van der Waals surface area contributed by atoms with Crippen LogP contribution in [0, 0.1) is 11.8 Å². The monoisotopic (exact) mass is 274 g/mol. The van der Waals surface area contributed by atoms with Gasteiger partial charge >= 0.3 is 0 Å². The number of oxime groups is 1. The largest absolute Gasteiger partial charge is 0.411 e. The lowest BCUT2D eigenvalue weighted by Gasteiger charge is -1.97. The van der Waals surface area contributed by atoms with E-state index in [1.165, 1.54) is 6.21 Å². The lowest BCUT2D eigenvalue weighted by atomic mass is 10.1. The summed E-state index contributed by atoms with van der Waals surface area (Å²) < 4.78 is 2.02. The van der Waals surface area contributed by atoms with Gasteiger partial charge in [0, 0.05) is 29.1 Å². The molecule has 1 N–H and O–H groups in total. The van der Waals surface area contributed by atoms with E-state index in [4.69, 9.17) is 5.21 Å². The first kappa shape index (κ1) is 13.0. The van der Waals surface area contributed by atoms with Crippen LogP contribution in [-0.4, -0.2) is 16.0 Å². The van der Waals surface area contributed by atoms with E-state index in [9.17, 15) is 0 Å². The Labute approximate surface area is 123 Å². The Balaban J connectivity index is 2.21. The van der Waals surface area contributed by atoms with Crippen LogP contribution in [0.5, 0.6) is 0 Å². The Morgan fingerprint density at radius 2 is 1.71 bits per heavy atom. The van der Waals surface area contributed by atoms with E-state index >= 15 is 0 Å². The van der Waals surface area contributed by atoms with E-state index in [1.807, 2.05) is 66.2 Å². The summed E-state index contributed by atoms with van der Waals surface area (Å²) in [6.07, 6.45) is 1.44. The van der Waals surface area contributed by atoms with Gasteiger partial charge in [-0.25, -0.2) is 0 Å². The molecule has 0 aliphatic rings. The molecule has 0 bridgehead atoms. The van der Waals surface area contributed by atoms with E-state index in [2.05, 4.69) is 17.0 Å². The second-order valence-corrected chi connectivity index (χ2v) is 4.70. The van der Waals surface area contributed by atoms with Gasteiger partial charge in [0.1, 0.15) is 5.69 Å². The number of aromatic nitrogens is 1. The average molecular weight is 274 g/mol. The first-order valence-corrected chi connectivity index (χ1v) is 6.63. The van der Waals surface area contributed by atoms with Gasteiger partial charge in [-0.15, -0.1) is 0 Å². The minimum absolute atomic E-state index is 0.831. The molecule has 0 amide bonds. The van der Waals surface area contributed by atoms with E-state index < -0.39 is 0 Å². The summed E-state index contributed by atoms with van der Waals surface area (Å²) in [4.78, 5) is 0. The van der Waals surface area contributed by atoms with Crippen molar-refractivity contribution in [2.45, 2.75) is 0 Å². The Morgan fingerprint density at radius 1 is 1.00 bits per heavy atom. The van der Waals surface area contributed by atoms with E-state index in [0.717, 1.165) is 27.7 Å². The molecule has 0 saturated heterocycles. The van der Waals surface area contributed by atoms with Crippen molar-refractivity contribution in [2.24, 2.45) is 12.2 Å². The Hall–Kier alpha value is -2.99. The van der Waals surface area contributed by atoms with E-state index in [1.54, 1.807) is 0 Å². The summed E-state index contributed by atoms with van der Waals surface area (Å²) in [7, 11) is 1.96. The topological polar surface area (TPSA) is 37.5 Å². The third-order valence-corrected chi connectivity index (χ3v) is 3.43. The van der Waals surface area contributed by atoms with Gasteiger partial charge in [0.2, 0.25) is 0 Å². The fraction of sp³-hybridized carbons (Fsp3) is 0.0556. The average Bonchev–Trinajstić information content (AvgIpc) is 2.80. The predicted molar refractivity (Wildman–Crippen MR) is 84.7 cm³/mol. The van der Waals surface area contributed by atoms with Crippen molar-refractivity contribution in [1.29, 1.82) is 0 Å². The lowest BCUT2D eigenvalue weighted by molar-refractivity contribution is 0.322. The molecule has 0 aliphatic heterocycles. The highest BCUT2D eigenvalue weighted by Gasteiger charge is 2.11. The number of aryl methyl sites for hydroxylation is 1. The summed E-state index contributed by atoms with van der Waals surface area (Å²) in [5.74, 6) is 6.33. The maximum atomic E-state index is 8.91. The number of rotatable bonds is 1. The van der Waals surface area contributed by atoms with Crippen LogP contribution in [0.25, 0.3) is 10.9 Å². The third kappa shape index (κ3) is 2.39. The van der Waals surface area contributed by atoms with Crippen molar-refractivity contribution in [3.63, 3.8) is 0 Å².